The molecular formula is C14H20BrN3O. The van der Waals surface area contributed by atoms with Crippen LogP contribution in [0.25, 0.3) is 0 Å². The van der Waals surface area contributed by atoms with Crippen LogP contribution in [0.2, 0.25) is 0 Å². The Bertz CT molecular complexity index is 430. The second kappa shape index (κ2) is 7.03. The maximum Gasteiger partial charge on any atom is 0.238 e. The second-order valence-electron chi connectivity index (χ2n) is 4.98. The van der Waals surface area contributed by atoms with Crippen molar-refractivity contribution in [2.24, 2.45) is 11.7 Å². The summed E-state index contributed by atoms with van der Waals surface area (Å²) in [6, 6.07) is 7.65. The van der Waals surface area contributed by atoms with Crippen LogP contribution in [0.5, 0.6) is 0 Å². The number of nitrogens with zero attached hydrogens (tertiary/aromatic N) is 1. The topological polar surface area (TPSA) is 58.4 Å². The summed E-state index contributed by atoms with van der Waals surface area (Å²) >= 11 is 3.42. The van der Waals surface area contributed by atoms with Crippen molar-refractivity contribution in [2.45, 2.75) is 12.8 Å². The second-order valence-corrected chi connectivity index (χ2v) is 5.84. The minimum atomic E-state index is 0.0399. The fourth-order valence-corrected chi connectivity index (χ4v) is 2.72. The average molecular weight is 326 g/mol. The van der Waals surface area contributed by atoms with Crippen molar-refractivity contribution >= 4 is 27.5 Å². The summed E-state index contributed by atoms with van der Waals surface area (Å²) in [5, 5.41) is 2.93. The van der Waals surface area contributed by atoms with E-state index in [-0.39, 0.29) is 5.91 Å². The number of anilines is 1. The van der Waals surface area contributed by atoms with Crippen LogP contribution < -0.4 is 11.1 Å². The lowest BCUT2D eigenvalue weighted by Crippen LogP contribution is -2.40. The van der Waals surface area contributed by atoms with Crippen LogP contribution >= 0.6 is 15.9 Å². The van der Waals surface area contributed by atoms with Gasteiger partial charge in [-0.3, -0.25) is 9.69 Å². The average Bonchev–Trinajstić information content (AvgIpc) is 2.42. The molecule has 0 bridgehead atoms. The molecule has 2 rings (SSSR count). The lowest BCUT2D eigenvalue weighted by molar-refractivity contribution is -0.117. The van der Waals surface area contributed by atoms with Gasteiger partial charge < -0.3 is 11.1 Å². The summed E-state index contributed by atoms with van der Waals surface area (Å²) in [6.07, 6.45) is 2.19. The summed E-state index contributed by atoms with van der Waals surface area (Å²) < 4.78 is 0.908. The molecule has 19 heavy (non-hydrogen) atoms. The third-order valence-electron chi connectivity index (χ3n) is 3.56. The third-order valence-corrected chi connectivity index (χ3v) is 4.25. The number of hydrogen-bond acceptors (Lipinski definition) is 3. The van der Waals surface area contributed by atoms with Gasteiger partial charge in [0, 0.05) is 4.47 Å². The fourth-order valence-electron chi connectivity index (χ4n) is 2.34. The zero-order valence-electron chi connectivity index (χ0n) is 10.9. The Hall–Kier alpha value is -0.910. The Morgan fingerprint density at radius 1 is 1.37 bits per heavy atom. The van der Waals surface area contributed by atoms with E-state index >= 15 is 0 Å². The zero-order valence-corrected chi connectivity index (χ0v) is 12.5. The first-order valence-corrected chi connectivity index (χ1v) is 7.45. The molecule has 0 aromatic heterocycles. The molecule has 4 nitrogen and oxygen atoms in total. The summed E-state index contributed by atoms with van der Waals surface area (Å²) in [6.45, 7) is 3.14. The van der Waals surface area contributed by atoms with E-state index in [4.69, 9.17) is 5.73 Å². The van der Waals surface area contributed by atoms with Gasteiger partial charge in [-0.15, -0.1) is 0 Å². The van der Waals surface area contributed by atoms with Crippen molar-refractivity contribution in [1.82, 2.24) is 4.90 Å². The van der Waals surface area contributed by atoms with E-state index in [0.29, 0.717) is 12.5 Å². The molecule has 104 valence electrons. The molecule has 1 aliphatic heterocycles. The SMILES string of the molecule is NCC1CCN(CC(=O)Nc2ccccc2Br)CC1. The van der Waals surface area contributed by atoms with Crippen molar-refractivity contribution in [3.63, 3.8) is 0 Å². The van der Waals surface area contributed by atoms with E-state index in [1.807, 2.05) is 24.3 Å². The summed E-state index contributed by atoms with van der Waals surface area (Å²) in [5.41, 5.74) is 6.49. The van der Waals surface area contributed by atoms with Gasteiger partial charge in [0.1, 0.15) is 0 Å². The summed E-state index contributed by atoms with van der Waals surface area (Å²) in [4.78, 5) is 14.2. The number of amides is 1. The third kappa shape index (κ3) is 4.30. The number of carbonyl (C=O) groups is 1. The Morgan fingerprint density at radius 2 is 2.05 bits per heavy atom. The molecule has 3 N–H and O–H groups in total. The van der Waals surface area contributed by atoms with Gasteiger partial charge in [0.15, 0.2) is 0 Å². The minimum absolute atomic E-state index is 0.0399. The highest BCUT2D eigenvalue weighted by atomic mass is 79.9. The molecule has 0 saturated carbocycles. The lowest BCUT2D eigenvalue weighted by Gasteiger charge is -2.30. The molecule has 0 unspecified atom stereocenters. The van der Waals surface area contributed by atoms with Gasteiger partial charge in [-0.2, -0.15) is 0 Å². The highest BCUT2D eigenvalue weighted by Gasteiger charge is 2.19. The molecule has 1 amide bonds. The number of rotatable bonds is 4. The number of carbonyl (C=O) groups excluding carboxylic acids is 1. The molecule has 5 heteroatoms. The highest BCUT2D eigenvalue weighted by Crippen LogP contribution is 2.21. The number of halogens is 1. The van der Waals surface area contributed by atoms with Crippen molar-refractivity contribution in [2.75, 3.05) is 31.5 Å². The predicted molar refractivity (Wildman–Crippen MR) is 81.0 cm³/mol. The molecule has 1 saturated heterocycles. The van der Waals surface area contributed by atoms with Gasteiger partial charge in [-0.1, -0.05) is 12.1 Å². The quantitative estimate of drug-likeness (QED) is 0.890. The van der Waals surface area contributed by atoms with E-state index in [1.165, 1.54) is 0 Å². The minimum Gasteiger partial charge on any atom is -0.330 e. The van der Waals surface area contributed by atoms with E-state index < -0.39 is 0 Å². The van der Waals surface area contributed by atoms with E-state index in [1.54, 1.807) is 0 Å². The maximum absolute atomic E-state index is 12.0. The van der Waals surface area contributed by atoms with Crippen LogP contribution in [-0.4, -0.2) is 37.0 Å². The van der Waals surface area contributed by atoms with Gasteiger partial charge in [0.05, 0.1) is 12.2 Å². The van der Waals surface area contributed by atoms with Crippen molar-refractivity contribution in [3.05, 3.63) is 28.7 Å². The normalized spacial score (nSPS) is 17.4. The number of likely N-dealkylation sites (tertiary alicyclic amines) is 1. The Labute approximate surface area is 122 Å². The number of nitrogens with two attached hydrogens (primary N) is 1. The molecule has 1 aromatic rings. The Kier molecular flexibility index (Phi) is 5.36. The first-order chi connectivity index (χ1) is 9.19. The molecule has 0 spiro atoms. The molecular weight excluding hydrogens is 306 g/mol. The highest BCUT2D eigenvalue weighted by molar-refractivity contribution is 9.10. The van der Waals surface area contributed by atoms with Gasteiger partial charge in [-0.05, 0) is 66.5 Å². The van der Waals surface area contributed by atoms with Gasteiger partial charge in [-0.25, -0.2) is 0 Å². The molecule has 0 atom stereocenters. The van der Waals surface area contributed by atoms with Gasteiger partial charge in [0.25, 0.3) is 0 Å². The van der Waals surface area contributed by atoms with Crippen LogP contribution in [0.15, 0.2) is 28.7 Å². The molecule has 0 radical (unpaired) electrons. The number of piperidine rings is 1. The van der Waals surface area contributed by atoms with Gasteiger partial charge in [0.2, 0.25) is 5.91 Å². The first-order valence-electron chi connectivity index (χ1n) is 6.66. The Balaban J connectivity index is 1.81. The van der Waals surface area contributed by atoms with Gasteiger partial charge >= 0.3 is 0 Å². The summed E-state index contributed by atoms with van der Waals surface area (Å²) in [7, 11) is 0. The lowest BCUT2D eigenvalue weighted by atomic mass is 9.97. The Morgan fingerprint density at radius 3 is 2.68 bits per heavy atom. The van der Waals surface area contributed by atoms with E-state index in [2.05, 4.69) is 26.1 Å². The van der Waals surface area contributed by atoms with Crippen LogP contribution in [0, 0.1) is 5.92 Å². The zero-order chi connectivity index (χ0) is 13.7. The number of para-hydroxylation sites is 1. The van der Waals surface area contributed by atoms with Crippen molar-refractivity contribution < 1.29 is 4.79 Å². The molecule has 1 aromatic carbocycles. The van der Waals surface area contributed by atoms with E-state index in [9.17, 15) is 4.79 Å². The van der Waals surface area contributed by atoms with Crippen LogP contribution in [0.1, 0.15) is 12.8 Å². The predicted octanol–water partition coefficient (Wildman–Crippen LogP) is 2.06. The number of nitrogens with one attached hydrogen (secondary N) is 1. The largest absolute Gasteiger partial charge is 0.330 e. The monoisotopic (exact) mass is 325 g/mol. The fraction of sp³-hybridized carbons (Fsp3) is 0.500. The smallest absolute Gasteiger partial charge is 0.238 e. The standard InChI is InChI=1S/C14H20BrN3O/c15-12-3-1-2-4-13(12)17-14(19)10-18-7-5-11(9-16)6-8-18/h1-4,11H,5-10,16H2,(H,17,19). The van der Waals surface area contributed by atoms with Crippen molar-refractivity contribution in [1.29, 1.82) is 0 Å². The van der Waals surface area contributed by atoms with E-state index in [0.717, 1.165) is 42.6 Å². The number of hydrogen-bond donors (Lipinski definition) is 2. The molecule has 0 aliphatic carbocycles. The van der Waals surface area contributed by atoms with Crippen LogP contribution in [-0.2, 0) is 4.79 Å². The van der Waals surface area contributed by atoms with Crippen molar-refractivity contribution in [3.8, 4) is 0 Å². The molecule has 1 heterocycles. The molecule has 1 aliphatic rings. The van der Waals surface area contributed by atoms with Crippen LogP contribution in [0.4, 0.5) is 5.69 Å². The first kappa shape index (κ1) is 14.5. The maximum atomic E-state index is 12.0. The molecule has 1 fully saturated rings. The number of benzene rings is 1. The summed E-state index contributed by atoms with van der Waals surface area (Å²) in [5.74, 6) is 0.667. The van der Waals surface area contributed by atoms with Crippen LogP contribution in [0.3, 0.4) is 0 Å².